The van der Waals surface area contributed by atoms with Crippen molar-refractivity contribution in [3.8, 4) is 17.1 Å². The molecule has 0 N–H and O–H groups in total. The van der Waals surface area contributed by atoms with Gasteiger partial charge in [-0.1, -0.05) is 0 Å². The first-order valence-corrected chi connectivity index (χ1v) is 10.3. The van der Waals surface area contributed by atoms with Gasteiger partial charge in [-0.2, -0.15) is 14.9 Å². The van der Waals surface area contributed by atoms with Crippen LogP contribution in [0.2, 0.25) is 0 Å². The normalized spacial score (nSPS) is 14.8. The number of hydrogen-bond acceptors (Lipinski definition) is 9. The van der Waals surface area contributed by atoms with Crippen molar-refractivity contribution in [3.05, 3.63) is 56.8 Å². The minimum Gasteiger partial charge on any atom is -0.497 e. The fourth-order valence-corrected chi connectivity index (χ4v) is 3.62. The fourth-order valence-electron chi connectivity index (χ4n) is 3.34. The van der Waals surface area contributed by atoms with Crippen molar-refractivity contribution in [1.82, 2.24) is 19.4 Å². The Morgan fingerprint density at radius 2 is 2.09 bits per heavy atom. The summed E-state index contributed by atoms with van der Waals surface area (Å²) in [6.07, 6.45) is 1.50. The number of ether oxygens (including phenoxy) is 2. The first-order valence-electron chi connectivity index (χ1n) is 9.90. The molecule has 0 spiro atoms. The van der Waals surface area contributed by atoms with Crippen molar-refractivity contribution in [2.24, 2.45) is 5.10 Å². The molecule has 3 heterocycles. The highest BCUT2D eigenvalue weighted by molar-refractivity contribution is 7.71. The predicted octanol–water partition coefficient (Wildman–Crippen LogP) is 3.07. The second-order valence-corrected chi connectivity index (χ2v) is 7.46. The molecule has 1 fully saturated rings. The van der Waals surface area contributed by atoms with Crippen molar-refractivity contribution in [2.75, 3.05) is 33.4 Å². The molecule has 0 bridgehead atoms. The SMILES string of the molecule is COc1ccc(-c2ccc(/C=N/n3c(C)nn(CN4CCOCC4)c3=S)o2)c([N+](=O)[O-])c1. The summed E-state index contributed by atoms with van der Waals surface area (Å²) in [6, 6.07) is 7.93. The summed E-state index contributed by atoms with van der Waals surface area (Å²) in [7, 11) is 1.45. The Kier molecular flexibility index (Phi) is 6.44. The number of methoxy groups -OCH3 is 1. The molecule has 12 heteroatoms. The molecular weight excluding hydrogens is 436 g/mol. The Bertz CT molecular complexity index is 1210. The molecule has 2 aromatic heterocycles. The van der Waals surface area contributed by atoms with Crippen LogP contribution in [0.3, 0.4) is 0 Å². The lowest BCUT2D eigenvalue weighted by Gasteiger charge is -2.25. The number of hydrogen-bond donors (Lipinski definition) is 0. The van der Waals surface area contributed by atoms with Crippen LogP contribution in [0.15, 0.2) is 39.9 Å². The van der Waals surface area contributed by atoms with Gasteiger partial charge in [0.05, 0.1) is 49.8 Å². The molecule has 0 unspecified atom stereocenters. The minimum absolute atomic E-state index is 0.107. The maximum absolute atomic E-state index is 11.4. The zero-order chi connectivity index (χ0) is 22.7. The van der Waals surface area contributed by atoms with Gasteiger partial charge in [0.2, 0.25) is 4.77 Å². The van der Waals surface area contributed by atoms with Gasteiger partial charge in [0, 0.05) is 13.1 Å². The van der Waals surface area contributed by atoms with Gasteiger partial charge in [-0.05, 0) is 43.4 Å². The monoisotopic (exact) mass is 458 g/mol. The number of furan rings is 1. The van der Waals surface area contributed by atoms with Crippen LogP contribution in [-0.4, -0.2) is 63.9 Å². The van der Waals surface area contributed by atoms with E-state index in [1.165, 1.54) is 19.4 Å². The van der Waals surface area contributed by atoms with Crippen molar-refractivity contribution >= 4 is 24.1 Å². The first kappa shape index (κ1) is 21.9. The highest BCUT2D eigenvalue weighted by atomic mass is 32.1. The molecule has 4 rings (SSSR count). The number of rotatable bonds is 7. The minimum atomic E-state index is -0.473. The van der Waals surface area contributed by atoms with E-state index in [1.807, 2.05) is 6.92 Å². The summed E-state index contributed by atoms with van der Waals surface area (Å²) >= 11 is 5.52. The molecule has 168 valence electrons. The molecule has 0 atom stereocenters. The molecule has 1 aliphatic heterocycles. The smallest absolute Gasteiger partial charge is 0.284 e. The molecule has 1 aliphatic rings. The molecule has 1 saturated heterocycles. The number of nitro benzene ring substituents is 1. The molecule has 3 aromatic rings. The number of aryl methyl sites for hydroxylation is 1. The van der Waals surface area contributed by atoms with Gasteiger partial charge in [0.25, 0.3) is 5.69 Å². The third-order valence-corrected chi connectivity index (χ3v) is 5.39. The Labute approximate surface area is 188 Å². The number of nitro groups is 1. The average molecular weight is 459 g/mol. The summed E-state index contributed by atoms with van der Waals surface area (Å²) in [6.45, 7) is 5.42. The van der Waals surface area contributed by atoms with Crippen LogP contribution in [0.1, 0.15) is 11.6 Å². The number of nitrogens with zero attached hydrogens (tertiary/aromatic N) is 6. The maximum atomic E-state index is 11.4. The van der Waals surface area contributed by atoms with Crippen LogP contribution in [-0.2, 0) is 11.4 Å². The number of benzene rings is 1. The predicted molar refractivity (Wildman–Crippen MR) is 119 cm³/mol. The highest BCUT2D eigenvalue weighted by Gasteiger charge is 2.19. The van der Waals surface area contributed by atoms with Gasteiger partial charge in [-0.3, -0.25) is 15.0 Å². The van der Waals surface area contributed by atoms with Crippen LogP contribution in [0.25, 0.3) is 11.3 Å². The standard InChI is InChI=1S/C20H22N6O5S/c1-14-22-24(13-23-7-9-30-10-8-23)20(32)25(14)21-12-16-4-6-19(31-16)17-5-3-15(29-2)11-18(17)26(27)28/h3-6,11-12H,7-10,13H2,1-2H3/b21-12+. The van der Waals surface area contributed by atoms with Gasteiger partial charge < -0.3 is 13.9 Å². The summed E-state index contributed by atoms with van der Waals surface area (Å²) in [5, 5.41) is 20.3. The second kappa shape index (κ2) is 9.42. The molecule has 0 amide bonds. The third-order valence-electron chi connectivity index (χ3n) is 5.01. The largest absolute Gasteiger partial charge is 0.497 e. The van der Waals surface area contributed by atoms with Crippen molar-refractivity contribution < 1.29 is 18.8 Å². The van der Waals surface area contributed by atoms with Gasteiger partial charge in [0.15, 0.2) is 5.82 Å². The lowest BCUT2D eigenvalue weighted by Crippen LogP contribution is -2.37. The first-order chi connectivity index (χ1) is 15.5. The van der Waals surface area contributed by atoms with E-state index in [1.54, 1.807) is 33.6 Å². The van der Waals surface area contributed by atoms with E-state index >= 15 is 0 Å². The van der Waals surface area contributed by atoms with E-state index < -0.39 is 4.92 Å². The molecule has 32 heavy (non-hydrogen) atoms. The summed E-state index contributed by atoms with van der Waals surface area (Å²) in [5.41, 5.74) is 0.242. The van der Waals surface area contributed by atoms with E-state index in [9.17, 15) is 10.1 Å². The van der Waals surface area contributed by atoms with Gasteiger partial charge in [-0.15, -0.1) is 0 Å². The Balaban J connectivity index is 1.55. The Morgan fingerprint density at radius 3 is 2.81 bits per heavy atom. The summed E-state index contributed by atoms with van der Waals surface area (Å²) in [5.74, 6) is 1.81. The van der Waals surface area contributed by atoms with Crippen molar-refractivity contribution in [2.45, 2.75) is 13.6 Å². The molecule has 0 radical (unpaired) electrons. The number of aromatic nitrogens is 3. The molecular formula is C20H22N6O5S. The molecule has 0 saturated carbocycles. The van der Waals surface area contributed by atoms with Gasteiger partial charge in [-0.25, -0.2) is 4.68 Å². The van der Waals surface area contributed by atoms with Crippen molar-refractivity contribution in [1.29, 1.82) is 0 Å². The second-order valence-electron chi connectivity index (χ2n) is 7.10. The topological polar surface area (TPSA) is 113 Å². The highest BCUT2D eigenvalue weighted by Crippen LogP contribution is 2.33. The van der Waals surface area contributed by atoms with E-state index in [2.05, 4.69) is 15.1 Å². The average Bonchev–Trinajstić information content (AvgIpc) is 3.37. The van der Waals surface area contributed by atoms with E-state index in [0.29, 0.717) is 53.3 Å². The lowest BCUT2D eigenvalue weighted by atomic mass is 10.1. The quantitative estimate of drug-likeness (QED) is 0.230. The zero-order valence-corrected chi connectivity index (χ0v) is 18.4. The Hall–Kier alpha value is -3.35. The lowest BCUT2D eigenvalue weighted by molar-refractivity contribution is -0.384. The van der Waals surface area contributed by atoms with E-state index in [-0.39, 0.29) is 5.69 Å². The van der Waals surface area contributed by atoms with Crippen LogP contribution >= 0.6 is 12.2 Å². The van der Waals surface area contributed by atoms with E-state index in [0.717, 1.165) is 13.1 Å². The molecule has 0 aliphatic carbocycles. The van der Waals surface area contributed by atoms with Gasteiger partial charge >= 0.3 is 0 Å². The van der Waals surface area contributed by atoms with E-state index in [4.69, 9.17) is 26.1 Å². The fraction of sp³-hybridized carbons (Fsp3) is 0.350. The van der Waals surface area contributed by atoms with Crippen LogP contribution in [0, 0.1) is 21.8 Å². The Morgan fingerprint density at radius 1 is 1.31 bits per heavy atom. The van der Waals surface area contributed by atoms with Crippen LogP contribution in [0.5, 0.6) is 5.75 Å². The van der Waals surface area contributed by atoms with Crippen LogP contribution in [0.4, 0.5) is 5.69 Å². The van der Waals surface area contributed by atoms with Crippen LogP contribution < -0.4 is 4.74 Å². The third kappa shape index (κ3) is 4.61. The summed E-state index contributed by atoms with van der Waals surface area (Å²) < 4.78 is 20.0. The molecule has 1 aromatic carbocycles. The number of morpholine rings is 1. The maximum Gasteiger partial charge on any atom is 0.284 e. The van der Waals surface area contributed by atoms with Crippen molar-refractivity contribution in [3.63, 3.8) is 0 Å². The zero-order valence-electron chi connectivity index (χ0n) is 17.6. The molecule has 11 nitrogen and oxygen atoms in total. The summed E-state index contributed by atoms with van der Waals surface area (Å²) in [4.78, 5) is 13.2. The van der Waals surface area contributed by atoms with Gasteiger partial charge in [0.1, 0.15) is 17.3 Å².